The van der Waals surface area contributed by atoms with Crippen LogP contribution < -0.4 is 5.73 Å². The average Bonchev–Trinajstić information content (AvgIpc) is 2.21. The predicted octanol–water partition coefficient (Wildman–Crippen LogP) is 2.95. The van der Waals surface area contributed by atoms with E-state index in [9.17, 15) is 4.39 Å². The smallest absolute Gasteiger partial charge is 0.123 e. The molecule has 2 N–H and O–H groups in total. The summed E-state index contributed by atoms with van der Waals surface area (Å²) in [6, 6.07) is 4.56. The Morgan fingerprint density at radius 1 is 1.38 bits per heavy atom. The van der Waals surface area contributed by atoms with Gasteiger partial charge in [-0.25, -0.2) is 4.39 Å². The van der Waals surface area contributed by atoms with Gasteiger partial charge in [0.05, 0.1) is 6.10 Å². The maximum Gasteiger partial charge on any atom is 0.123 e. The van der Waals surface area contributed by atoms with E-state index in [2.05, 4.69) is 0 Å². The van der Waals surface area contributed by atoms with E-state index in [0.29, 0.717) is 13.0 Å². The average molecular weight is 225 g/mol. The third-order valence-electron chi connectivity index (χ3n) is 2.52. The van der Waals surface area contributed by atoms with Gasteiger partial charge in [0.1, 0.15) is 5.82 Å². The Bertz CT molecular complexity index is 339. The van der Waals surface area contributed by atoms with Crippen molar-refractivity contribution in [1.29, 1.82) is 0 Å². The summed E-state index contributed by atoms with van der Waals surface area (Å²) in [5, 5.41) is 0. The first-order valence-corrected chi connectivity index (χ1v) is 5.64. The molecule has 0 saturated heterocycles. The van der Waals surface area contributed by atoms with E-state index < -0.39 is 0 Å². The van der Waals surface area contributed by atoms with Crippen LogP contribution in [0.3, 0.4) is 0 Å². The number of nitrogens with two attached hydrogens (primary N) is 1. The largest absolute Gasteiger partial charge is 0.379 e. The number of aryl methyl sites for hydroxylation is 1. The molecule has 0 aliphatic carbocycles. The second kappa shape index (κ2) is 5.97. The zero-order valence-corrected chi connectivity index (χ0v) is 10.2. The Morgan fingerprint density at radius 3 is 2.69 bits per heavy atom. The number of ether oxygens (including phenoxy) is 1. The topological polar surface area (TPSA) is 35.2 Å². The molecule has 1 unspecified atom stereocenters. The van der Waals surface area contributed by atoms with Crippen LogP contribution in [0.1, 0.15) is 37.4 Å². The molecule has 0 heterocycles. The molecule has 2 nitrogen and oxygen atoms in total. The molecule has 0 bridgehead atoms. The summed E-state index contributed by atoms with van der Waals surface area (Å²) in [7, 11) is 0. The van der Waals surface area contributed by atoms with Crippen LogP contribution in [0.4, 0.5) is 4.39 Å². The number of benzene rings is 1. The minimum absolute atomic E-state index is 0.158. The van der Waals surface area contributed by atoms with E-state index in [-0.39, 0.29) is 18.0 Å². The molecule has 1 aromatic rings. The zero-order chi connectivity index (χ0) is 12.1. The molecular weight excluding hydrogens is 205 g/mol. The molecule has 16 heavy (non-hydrogen) atoms. The molecule has 1 rings (SSSR count). The van der Waals surface area contributed by atoms with Crippen molar-refractivity contribution in [1.82, 2.24) is 0 Å². The van der Waals surface area contributed by atoms with Gasteiger partial charge in [-0.15, -0.1) is 0 Å². The zero-order valence-electron chi connectivity index (χ0n) is 10.2. The van der Waals surface area contributed by atoms with Crippen LogP contribution in [0.15, 0.2) is 18.2 Å². The molecule has 0 amide bonds. The molecule has 1 atom stereocenters. The van der Waals surface area contributed by atoms with Crippen LogP contribution in [-0.4, -0.2) is 12.7 Å². The first-order chi connectivity index (χ1) is 7.50. The molecule has 1 aromatic carbocycles. The van der Waals surface area contributed by atoms with E-state index in [4.69, 9.17) is 10.5 Å². The van der Waals surface area contributed by atoms with Crippen molar-refractivity contribution >= 4 is 0 Å². The monoisotopic (exact) mass is 225 g/mol. The van der Waals surface area contributed by atoms with Gasteiger partial charge in [0.2, 0.25) is 0 Å². The van der Waals surface area contributed by atoms with Gasteiger partial charge in [0, 0.05) is 12.6 Å². The third kappa shape index (κ3) is 3.91. The van der Waals surface area contributed by atoms with Gasteiger partial charge in [-0.1, -0.05) is 6.07 Å². The molecular formula is C13H20FNO. The quantitative estimate of drug-likeness (QED) is 0.836. The van der Waals surface area contributed by atoms with Crippen molar-refractivity contribution < 1.29 is 9.13 Å². The molecule has 0 saturated carbocycles. The lowest BCUT2D eigenvalue weighted by molar-refractivity contribution is 0.0736. The predicted molar refractivity (Wildman–Crippen MR) is 63.8 cm³/mol. The van der Waals surface area contributed by atoms with Crippen LogP contribution in [0.5, 0.6) is 0 Å². The summed E-state index contributed by atoms with van der Waals surface area (Å²) in [5.74, 6) is -0.235. The highest BCUT2D eigenvalue weighted by Gasteiger charge is 2.10. The molecule has 0 aromatic heterocycles. The van der Waals surface area contributed by atoms with Crippen LogP contribution in [-0.2, 0) is 4.74 Å². The van der Waals surface area contributed by atoms with Crippen LogP contribution in [0.2, 0.25) is 0 Å². The summed E-state index contributed by atoms with van der Waals surface area (Å²) in [6.45, 7) is 6.52. The van der Waals surface area contributed by atoms with Gasteiger partial charge in [-0.2, -0.15) is 0 Å². The first kappa shape index (κ1) is 13.1. The lowest BCUT2D eigenvalue weighted by Gasteiger charge is -2.16. The van der Waals surface area contributed by atoms with E-state index in [1.54, 1.807) is 6.07 Å². The van der Waals surface area contributed by atoms with Crippen molar-refractivity contribution in [3.63, 3.8) is 0 Å². The van der Waals surface area contributed by atoms with Crippen molar-refractivity contribution in [2.45, 2.75) is 39.3 Å². The fourth-order valence-corrected chi connectivity index (χ4v) is 1.60. The molecule has 0 fully saturated rings. The van der Waals surface area contributed by atoms with Gasteiger partial charge in [0.15, 0.2) is 0 Å². The summed E-state index contributed by atoms with van der Waals surface area (Å²) < 4.78 is 18.5. The summed E-state index contributed by atoms with van der Waals surface area (Å²) >= 11 is 0. The number of halogens is 1. The third-order valence-corrected chi connectivity index (χ3v) is 2.52. The maximum absolute atomic E-state index is 13.1. The highest BCUT2D eigenvalue weighted by atomic mass is 19.1. The molecule has 0 radical (unpaired) electrons. The Labute approximate surface area is 96.6 Å². The molecule has 0 aliphatic rings. The minimum atomic E-state index is -0.235. The normalized spacial score (nSPS) is 13.1. The summed E-state index contributed by atoms with van der Waals surface area (Å²) in [6.07, 6.45) is 0.920. The van der Waals surface area contributed by atoms with Crippen molar-refractivity contribution in [2.75, 3.05) is 6.61 Å². The van der Waals surface area contributed by atoms with Gasteiger partial charge in [0.25, 0.3) is 0 Å². The second-order valence-electron chi connectivity index (χ2n) is 4.32. The van der Waals surface area contributed by atoms with Crippen LogP contribution >= 0.6 is 0 Å². The first-order valence-electron chi connectivity index (χ1n) is 5.64. The van der Waals surface area contributed by atoms with Crippen LogP contribution in [0, 0.1) is 12.7 Å². The molecule has 90 valence electrons. The van der Waals surface area contributed by atoms with Gasteiger partial charge in [-0.3, -0.25) is 0 Å². The van der Waals surface area contributed by atoms with Gasteiger partial charge in [-0.05, 0) is 50.5 Å². The van der Waals surface area contributed by atoms with Crippen molar-refractivity contribution in [3.05, 3.63) is 35.1 Å². The van der Waals surface area contributed by atoms with E-state index in [1.807, 2.05) is 20.8 Å². The highest BCUT2D eigenvalue weighted by molar-refractivity contribution is 5.29. The Hall–Kier alpha value is -0.930. The van der Waals surface area contributed by atoms with Gasteiger partial charge >= 0.3 is 0 Å². The Balaban J connectivity index is 2.58. The fraction of sp³-hybridized carbons (Fsp3) is 0.538. The molecule has 0 spiro atoms. The number of rotatable bonds is 5. The fourth-order valence-electron chi connectivity index (χ4n) is 1.60. The van der Waals surface area contributed by atoms with Gasteiger partial charge < -0.3 is 10.5 Å². The summed E-state index contributed by atoms with van der Waals surface area (Å²) in [4.78, 5) is 0. The Morgan fingerprint density at radius 2 is 2.06 bits per heavy atom. The lowest BCUT2D eigenvalue weighted by Crippen LogP contribution is -2.16. The highest BCUT2D eigenvalue weighted by Crippen LogP contribution is 2.19. The SMILES string of the molecule is Cc1ccc(F)cc1C(N)CCOC(C)C. The number of hydrogen-bond acceptors (Lipinski definition) is 2. The lowest BCUT2D eigenvalue weighted by atomic mass is 10.00. The second-order valence-corrected chi connectivity index (χ2v) is 4.32. The van der Waals surface area contributed by atoms with E-state index in [1.165, 1.54) is 12.1 Å². The molecule has 3 heteroatoms. The van der Waals surface area contributed by atoms with Crippen LogP contribution in [0.25, 0.3) is 0 Å². The van der Waals surface area contributed by atoms with E-state index in [0.717, 1.165) is 11.1 Å². The molecule has 0 aliphatic heterocycles. The maximum atomic E-state index is 13.1. The Kier molecular flexibility index (Phi) is 4.90. The minimum Gasteiger partial charge on any atom is -0.379 e. The van der Waals surface area contributed by atoms with Crippen molar-refractivity contribution in [2.24, 2.45) is 5.73 Å². The van der Waals surface area contributed by atoms with Crippen molar-refractivity contribution in [3.8, 4) is 0 Å². The van der Waals surface area contributed by atoms with E-state index >= 15 is 0 Å². The number of hydrogen-bond donors (Lipinski definition) is 1. The standard InChI is InChI=1S/C13H20FNO/c1-9(2)16-7-6-13(15)12-8-11(14)5-4-10(12)3/h4-5,8-9,13H,6-7,15H2,1-3H3. The summed E-state index contributed by atoms with van der Waals surface area (Å²) in [5.41, 5.74) is 7.90.